The molecule has 68 valence electrons. The van der Waals surface area contributed by atoms with Crippen LogP contribution in [-0.2, 0) is 16.0 Å². The van der Waals surface area contributed by atoms with Gasteiger partial charge in [0.2, 0.25) is 11.3 Å². The van der Waals surface area contributed by atoms with Gasteiger partial charge in [0.15, 0.2) is 0 Å². The Bertz CT molecular complexity index is 110. The Labute approximate surface area is 69.7 Å². The average Bonchev–Trinajstić information content (AvgIpc) is 1.96. The molecule has 0 saturated heterocycles. The zero-order valence-corrected chi connectivity index (χ0v) is 7.52. The molecular formula is C6H15NO3S. The van der Waals surface area contributed by atoms with E-state index in [2.05, 4.69) is 4.72 Å². The molecule has 2 N–H and O–H groups in total. The molecule has 1 unspecified atom stereocenters. The van der Waals surface area contributed by atoms with Crippen molar-refractivity contribution in [3.63, 3.8) is 0 Å². The third-order valence-electron chi connectivity index (χ3n) is 1.15. The van der Waals surface area contributed by atoms with Crippen molar-refractivity contribution in [1.29, 1.82) is 0 Å². The van der Waals surface area contributed by atoms with Crippen LogP contribution in [0, 0.1) is 0 Å². The van der Waals surface area contributed by atoms with Gasteiger partial charge in [0.25, 0.3) is 0 Å². The molecule has 0 spiro atoms. The highest BCUT2D eigenvalue weighted by Crippen LogP contribution is 1.87. The minimum absolute atomic E-state index is 0.566. The summed E-state index contributed by atoms with van der Waals surface area (Å²) in [6.45, 7) is 3.98. The Morgan fingerprint density at radius 1 is 1.55 bits per heavy atom. The van der Waals surface area contributed by atoms with E-state index in [4.69, 9.17) is 9.29 Å². The van der Waals surface area contributed by atoms with E-state index in [0.29, 0.717) is 6.54 Å². The van der Waals surface area contributed by atoms with E-state index in [9.17, 15) is 4.21 Å². The first kappa shape index (κ1) is 11.0. The normalized spacial score (nSPS) is 13.3. The van der Waals surface area contributed by atoms with Crippen LogP contribution in [0.2, 0.25) is 0 Å². The van der Waals surface area contributed by atoms with Gasteiger partial charge in [-0.15, -0.1) is 0 Å². The lowest BCUT2D eigenvalue weighted by Crippen LogP contribution is -2.17. The molecule has 0 aliphatic heterocycles. The van der Waals surface area contributed by atoms with Crippen LogP contribution < -0.4 is 4.72 Å². The van der Waals surface area contributed by atoms with Gasteiger partial charge >= 0.3 is 0 Å². The van der Waals surface area contributed by atoms with Crippen LogP contribution in [-0.4, -0.2) is 28.5 Å². The first-order valence-corrected chi connectivity index (χ1v) is 4.80. The van der Waals surface area contributed by atoms with Crippen LogP contribution in [0.25, 0.3) is 0 Å². The zero-order valence-electron chi connectivity index (χ0n) is 6.71. The Balaban J connectivity index is 2.85. The number of nitrogens with one attached hydrogen (secondary N) is 1. The van der Waals surface area contributed by atoms with Crippen LogP contribution in [0.5, 0.6) is 0 Å². The molecule has 0 aromatic rings. The minimum Gasteiger partial charge on any atom is -0.382 e. The number of hydrogen-bond donors (Lipinski definition) is 2. The van der Waals surface area contributed by atoms with Gasteiger partial charge in [-0.25, -0.2) is 8.93 Å². The highest BCUT2D eigenvalue weighted by molar-refractivity contribution is 7.77. The number of ether oxygens (including phenoxy) is 1. The fourth-order valence-electron chi connectivity index (χ4n) is 0.633. The van der Waals surface area contributed by atoms with Gasteiger partial charge in [-0.3, -0.25) is 4.55 Å². The second kappa shape index (κ2) is 8.13. The third kappa shape index (κ3) is 10.0. The molecule has 0 fully saturated rings. The Morgan fingerprint density at radius 3 is 2.82 bits per heavy atom. The van der Waals surface area contributed by atoms with Crippen molar-refractivity contribution in [2.75, 3.05) is 19.8 Å². The van der Waals surface area contributed by atoms with Gasteiger partial charge in [0.1, 0.15) is 0 Å². The summed E-state index contributed by atoms with van der Waals surface area (Å²) in [6.07, 6.45) is 1.80. The first-order valence-electron chi connectivity index (χ1n) is 3.69. The van der Waals surface area contributed by atoms with Gasteiger partial charge in [-0.2, -0.15) is 0 Å². The molecule has 0 rings (SSSR count). The summed E-state index contributed by atoms with van der Waals surface area (Å²) < 4.78 is 25.8. The molecule has 0 aliphatic carbocycles. The van der Waals surface area contributed by atoms with E-state index >= 15 is 0 Å². The maximum atomic E-state index is 10.1. The summed E-state index contributed by atoms with van der Waals surface area (Å²) in [5.74, 6) is 0. The molecule has 1 atom stereocenters. The van der Waals surface area contributed by atoms with Crippen molar-refractivity contribution < 1.29 is 13.5 Å². The van der Waals surface area contributed by atoms with E-state index in [0.717, 1.165) is 26.1 Å². The highest BCUT2D eigenvalue weighted by Gasteiger charge is 1.91. The van der Waals surface area contributed by atoms with E-state index < -0.39 is 11.3 Å². The monoisotopic (exact) mass is 181 g/mol. The quantitative estimate of drug-likeness (QED) is 0.445. The van der Waals surface area contributed by atoms with Crippen molar-refractivity contribution in [3.05, 3.63) is 0 Å². The van der Waals surface area contributed by atoms with E-state index in [1.165, 1.54) is 0 Å². The van der Waals surface area contributed by atoms with Crippen molar-refractivity contribution >= 4 is 11.3 Å². The van der Waals surface area contributed by atoms with Crippen LogP contribution in [0.4, 0.5) is 0 Å². The maximum Gasteiger partial charge on any atom is 0.231 e. The molecular weight excluding hydrogens is 166 g/mol. The standard InChI is InChI=1S/C6H15NO3S/c1-2-10-6-4-3-5-7-11(8)9/h7H,2-6H2,1H3,(H,8,9). The van der Waals surface area contributed by atoms with Crippen LogP contribution in [0.3, 0.4) is 0 Å². The summed E-state index contributed by atoms with van der Waals surface area (Å²) >= 11 is -1.86. The Hall–Kier alpha value is 0.0300. The predicted octanol–water partition coefficient (Wildman–Crippen LogP) is 0.529. The number of rotatable bonds is 7. The largest absolute Gasteiger partial charge is 0.382 e. The molecule has 4 nitrogen and oxygen atoms in total. The minimum atomic E-state index is -1.86. The molecule has 0 aromatic heterocycles. The van der Waals surface area contributed by atoms with Crippen LogP contribution >= 0.6 is 0 Å². The SMILES string of the molecule is CCOCCCCNS(=O)O. The highest BCUT2D eigenvalue weighted by atomic mass is 32.2. The third-order valence-corrected chi connectivity index (χ3v) is 1.60. The summed E-state index contributed by atoms with van der Waals surface area (Å²) in [6, 6.07) is 0. The summed E-state index contributed by atoms with van der Waals surface area (Å²) in [5.41, 5.74) is 0. The maximum absolute atomic E-state index is 10.1. The lowest BCUT2D eigenvalue weighted by atomic mass is 10.3. The van der Waals surface area contributed by atoms with Gasteiger partial charge in [0, 0.05) is 19.8 Å². The fraction of sp³-hybridized carbons (Fsp3) is 1.00. The van der Waals surface area contributed by atoms with Crippen molar-refractivity contribution in [2.45, 2.75) is 19.8 Å². The smallest absolute Gasteiger partial charge is 0.231 e. The molecule has 0 aromatic carbocycles. The lowest BCUT2D eigenvalue weighted by molar-refractivity contribution is 0.143. The van der Waals surface area contributed by atoms with Crippen molar-refractivity contribution in [3.8, 4) is 0 Å². The summed E-state index contributed by atoms with van der Waals surface area (Å²) in [7, 11) is 0. The van der Waals surface area contributed by atoms with Gasteiger partial charge in [-0.1, -0.05) is 0 Å². The topological polar surface area (TPSA) is 58.6 Å². The summed E-state index contributed by atoms with van der Waals surface area (Å²) in [5, 5.41) is 0. The molecule has 0 amide bonds. The van der Waals surface area contributed by atoms with Crippen LogP contribution in [0.15, 0.2) is 0 Å². The molecule has 0 radical (unpaired) electrons. The summed E-state index contributed by atoms with van der Waals surface area (Å²) in [4.78, 5) is 0. The second-order valence-corrected chi connectivity index (χ2v) is 2.83. The van der Waals surface area contributed by atoms with Gasteiger partial charge < -0.3 is 4.74 Å². The van der Waals surface area contributed by atoms with Gasteiger partial charge in [-0.05, 0) is 19.8 Å². The number of unbranched alkanes of at least 4 members (excludes halogenated alkanes) is 1. The van der Waals surface area contributed by atoms with Gasteiger partial charge in [0.05, 0.1) is 0 Å². The average molecular weight is 181 g/mol. The Kier molecular flexibility index (Phi) is 8.15. The Morgan fingerprint density at radius 2 is 2.27 bits per heavy atom. The van der Waals surface area contributed by atoms with E-state index in [-0.39, 0.29) is 0 Å². The predicted molar refractivity (Wildman–Crippen MR) is 44.5 cm³/mol. The molecule has 5 heteroatoms. The zero-order chi connectivity index (χ0) is 8.53. The van der Waals surface area contributed by atoms with E-state index in [1.807, 2.05) is 6.92 Å². The van der Waals surface area contributed by atoms with Crippen LogP contribution in [0.1, 0.15) is 19.8 Å². The molecule has 0 heterocycles. The van der Waals surface area contributed by atoms with E-state index in [1.54, 1.807) is 0 Å². The van der Waals surface area contributed by atoms with Crippen molar-refractivity contribution in [2.24, 2.45) is 0 Å². The van der Waals surface area contributed by atoms with Crippen molar-refractivity contribution in [1.82, 2.24) is 4.72 Å². The molecule has 0 aliphatic rings. The molecule has 11 heavy (non-hydrogen) atoms. The first-order chi connectivity index (χ1) is 5.27. The number of hydrogen-bond acceptors (Lipinski definition) is 2. The molecule has 0 bridgehead atoms. The fourth-order valence-corrected chi connectivity index (χ4v) is 0.952. The lowest BCUT2D eigenvalue weighted by Gasteiger charge is -2.00. The molecule has 0 saturated carbocycles. The second-order valence-electron chi connectivity index (χ2n) is 2.05.